The molecule has 3 rings (SSSR count). The number of amides is 1. The Morgan fingerprint density at radius 3 is 2.59 bits per heavy atom. The van der Waals surface area contributed by atoms with E-state index in [1.807, 2.05) is 0 Å². The van der Waals surface area contributed by atoms with E-state index in [2.05, 4.69) is 12.3 Å². The molecule has 1 atom stereocenters. The minimum Gasteiger partial charge on any atom is -0.494 e. The van der Waals surface area contributed by atoms with Crippen molar-refractivity contribution in [3.8, 4) is 5.75 Å². The number of hydrogen-bond donors (Lipinski definition) is 1. The van der Waals surface area contributed by atoms with Gasteiger partial charge in [-0.2, -0.15) is 13.2 Å². The Bertz CT molecular complexity index is 880. The lowest BCUT2D eigenvalue weighted by Crippen LogP contribution is -2.43. The summed E-state index contributed by atoms with van der Waals surface area (Å²) in [6, 6.07) is 8.08. The van der Waals surface area contributed by atoms with Gasteiger partial charge in [0.25, 0.3) is 0 Å². The first-order valence-corrected chi connectivity index (χ1v) is 9.93. The lowest BCUT2D eigenvalue weighted by atomic mass is 9.93. The summed E-state index contributed by atoms with van der Waals surface area (Å²) in [5, 5.41) is 2.18. The number of ether oxygens (including phenoxy) is 1. The number of carbonyl (C=O) groups excluding carboxylic acids is 1. The van der Waals surface area contributed by atoms with Crippen LogP contribution >= 0.6 is 0 Å². The van der Waals surface area contributed by atoms with Crippen LogP contribution in [0.25, 0.3) is 10.8 Å². The number of fused-ring (bicyclic) bond motifs is 1. The van der Waals surface area contributed by atoms with Crippen LogP contribution in [0, 0.1) is 5.41 Å². The molecule has 1 aliphatic heterocycles. The molecule has 0 unspecified atom stereocenters. The van der Waals surface area contributed by atoms with Crippen molar-refractivity contribution in [3.05, 3.63) is 42.0 Å². The van der Waals surface area contributed by atoms with E-state index in [1.165, 1.54) is 6.07 Å². The molecule has 1 saturated heterocycles. The van der Waals surface area contributed by atoms with E-state index in [9.17, 15) is 18.0 Å². The largest absolute Gasteiger partial charge is 0.494 e. The molecule has 1 heterocycles. The van der Waals surface area contributed by atoms with Crippen molar-refractivity contribution in [2.75, 3.05) is 13.2 Å². The molecule has 2 aromatic rings. The average Bonchev–Trinajstić information content (AvgIpc) is 2.90. The van der Waals surface area contributed by atoms with Crippen molar-refractivity contribution in [1.29, 1.82) is 0 Å². The molecule has 29 heavy (non-hydrogen) atoms. The Labute approximate surface area is 169 Å². The summed E-state index contributed by atoms with van der Waals surface area (Å²) in [5.41, 5.74) is 1.65. The second-order valence-corrected chi connectivity index (χ2v) is 8.18. The van der Waals surface area contributed by atoms with Gasteiger partial charge in [-0.15, -0.1) is 0 Å². The van der Waals surface area contributed by atoms with Crippen LogP contribution in [0.1, 0.15) is 51.6 Å². The van der Waals surface area contributed by atoms with Crippen molar-refractivity contribution in [1.82, 2.24) is 10.4 Å². The van der Waals surface area contributed by atoms with Crippen LogP contribution in [0.2, 0.25) is 0 Å². The van der Waals surface area contributed by atoms with Crippen molar-refractivity contribution >= 4 is 16.7 Å². The molecular weight excluding hydrogens is 381 g/mol. The zero-order valence-corrected chi connectivity index (χ0v) is 17.0. The normalized spacial score (nSPS) is 18.1. The minimum atomic E-state index is -4.54. The van der Waals surface area contributed by atoms with Crippen molar-refractivity contribution in [2.24, 2.45) is 5.41 Å². The van der Waals surface area contributed by atoms with E-state index in [4.69, 9.17) is 4.74 Å². The van der Waals surface area contributed by atoms with E-state index in [0.29, 0.717) is 23.1 Å². The molecule has 0 aromatic heterocycles. The summed E-state index contributed by atoms with van der Waals surface area (Å²) in [4.78, 5) is 12.1. The molecular formula is C22H27F3N2O2. The molecule has 4 nitrogen and oxygen atoms in total. The Hall–Kier alpha value is -2.28. The van der Waals surface area contributed by atoms with Crippen LogP contribution in [0.15, 0.2) is 36.4 Å². The predicted molar refractivity (Wildman–Crippen MR) is 106 cm³/mol. The van der Waals surface area contributed by atoms with E-state index in [1.54, 1.807) is 44.2 Å². The third-order valence-electron chi connectivity index (χ3n) is 5.24. The van der Waals surface area contributed by atoms with Gasteiger partial charge in [0, 0.05) is 6.54 Å². The Balaban J connectivity index is 1.94. The Morgan fingerprint density at radius 2 is 1.97 bits per heavy atom. The van der Waals surface area contributed by atoms with Crippen LogP contribution in [0.4, 0.5) is 13.2 Å². The van der Waals surface area contributed by atoms with E-state index < -0.39 is 23.5 Å². The number of carbonyl (C=O) groups is 1. The summed E-state index contributed by atoms with van der Waals surface area (Å²) in [5.74, 6) is 0.236. The van der Waals surface area contributed by atoms with Gasteiger partial charge < -0.3 is 4.74 Å². The summed E-state index contributed by atoms with van der Waals surface area (Å²) in [7, 11) is 0. The monoisotopic (exact) mass is 408 g/mol. The summed E-state index contributed by atoms with van der Waals surface area (Å²) >= 11 is 0. The molecule has 1 fully saturated rings. The van der Waals surface area contributed by atoms with E-state index >= 15 is 0 Å². The predicted octanol–water partition coefficient (Wildman–Crippen LogP) is 5.39. The number of hydrazine groups is 1. The molecule has 0 bridgehead atoms. The van der Waals surface area contributed by atoms with Crippen LogP contribution in [-0.2, 0) is 4.79 Å². The van der Waals surface area contributed by atoms with Crippen LogP contribution in [-0.4, -0.2) is 30.2 Å². The van der Waals surface area contributed by atoms with Gasteiger partial charge in [0.2, 0.25) is 5.91 Å². The third kappa shape index (κ3) is 4.66. The van der Waals surface area contributed by atoms with Crippen LogP contribution in [0.3, 0.4) is 0 Å². The lowest BCUT2D eigenvalue weighted by molar-refractivity contribution is -0.191. The first-order valence-electron chi connectivity index (χ1n) is 9.93. The maximum absolute atomic E-state index is 14.1. The average molecular weight is 408 g/mol. The molecule has 2 aromatic carbocycles. The minimum absolute atomic E-state index is 0.0228. The molecule has 1 N–H and O–H groups in total. The number of benzene rings is 2. The molecule has 158 valence electrons. The fourth-order valence-electron chi connectivity index (χ4n) is 3.65. The van der Waals surface area contributed by atoms with E-state index in [0.717, 1.165) is 24.3 Å². The van der Waals surface area contributed by atoms with Gasteiger partial charge >= 0.3 is 6.18 Å². The highest BCUT2D eigenvalue weighted by Crippen LogP contribution is 2.43. The number of nitrogens with zero attached hydrogens (tertiary/aromatic N) is 1. The van der Waals surface area contributed by atoms with Gasteiger partial charge in [0.05, 0.1) is 12.0 Å². The fraction of sp³-hybridized carbons (Fsp3) is 0.500. The van der Waals surface area contributed by atoms with Crippen LogP contribution in [0.5, 0.6) is 5.75 Å². The number of nitrogens with one attached hydrogen (secondary N) is 1. The number of hydrogen-bond acceptors (Lipinski definition) is 3. The first kappa shape index (κ1) is 21.4. The maximum atomic E-state index is 14.1. The van der Waals surface area contributed by atoms with Gasteiger partial charge in [-0.3, -0.25) is 10.2 Å². The quantitative estimate of drug-likeness (QED) is 0.625. The van der Waals surface area contributed by atoms with Gasteiger partial charge in [-0.25, -0.2) is 5.01 Å². The first-order chi connectivity index (χ1) is 13.6. The third-order valence-corrected chi connectivity index (χ3v) is 5.24. The molecule has 0 saturated carbocycles. The second kappa shape index (κ2) is 8.22. The van der Waals surface area contributed by atoms with Gasteiger partial charge in [-0.1, -0.05) is 44.0 Å². The highest BCUT2D eigenvalue weighted by Gasteiger charge is 2.51. The SMILES string of the molecule is CCCCCOc1ccc2c([C@H](N3CC(C)(C)C(=O)N3)C(F)(F)F)cccc2c1. The van der Waals surface area contributed by atoms with Gasteiger partial charge in [0.1, 0.15) is 5.75 Å². The zero-order chi connectivity index (χ0) is 21.2. The molecule has 7 heteroatoms. The molecule has 0 aliphatic carbocycles. The summed E-state index contributed by atoms with van der Waals surface area (Å²) in [6.07, 6.45) is -1.44. The number of rotatable bonds is 7. The van der Waals surface area contributed by atoms with Gasteiger partial charge in [0.15, 0.2) is 6.04 Å². The summed E-state index contributed by atoms with van der Waals surface area (Å²) < 4.78 is 47.9. The number of unbranched alkanes of at least 4 members (excludes halogenated alkanes) is 2. The molecule has 0 radical (unpaired) electrons. The molecule has 1 aliphatic rings. The summed E-state index contributed by atoms with van der Waals surface area (Å²) in [6.45, 7) is 5.95. The standard InChI is InChI=1S/C22H27F3N2O2/c1-4-5-6-12-29-16-10-11-17-15(13-16)8-7-9-18(17)19(22(23,24)25)27-14-21(2,3)20(28)26-27/h7-11,13,19H,4-6,12,14H2,1-3H3,(H,26,28)/t19-/m0/s1. The highest BCUT2D eigenvalue weighted by atomic mass is 19.4. The topological polar surface area (TPSA) is 41.6 Å². The number of alkyl halides is 3. The zero-order valence-electron chi connectivity index (χ0n) is 17.0. The van der Waals surface area contributed by atoms with Crippen molar-refractivity contribution in [3.63, 3.8) is 0 Å². The van der Waals surface area contributed by atoms with Crippen LogP contribution < -0.4 is 10.2 Å². The van der Waals surface area contributed by atoms with Gasteiger partial charge in [-0.05, 0) is 48.7 Å². The molecule has 1 amide bonds. The van der Waals surface area contributed by atoms with Crippen molar-refractivity contribution in [2.45, 2.75) is 52.3 Å². The Kier molecular flexibility index (Phi) is 6.08. The van der Waals surface area contributed by atoms with Crippen molar-refractivity contribution < 1.29 is 22.7 Å². The lowest BCUT2D eigenvalue weighted by Gasteiger charge is -2.30. The second-order valence-electron chi connectivity index (χ2n) is 8.18. The number of halogens is 3. The Morgan fingerprint density at radius 1 is 1.21 bits per heavy atom. The maximum Gasteiger partial charge on any atom is 0.409 e. The fourth-order valence-corrected chi connectivity index (χ4v) is 3.65. The highest BCUT2D eigenvalue weighted by molar-refractivity contribution is 5.88. The smallest absolute Gasteiger partial charge is 0.409 e. The van der Waals surface area contributed by atoms with E-state index in [-0.39, 0.29) is 12.1 Å². The molecule has 0 spiro atoms.